The molecular weight excluding hydrogens is 522 g/mol. The summed E-state index contributed by atoms with van der Waals surface area (Å²) >= 11 is 1.23. The molecule has 4 rings (SSSR count). The van der Waals surface area contributed by atoms with Gasteiger partial charge in [0.1, 0.15) is 11.6 Å². The molecule has 2 aromatic heterocycles. The van der Waals surface area contributed by atoms with Crippen LogP contribution in [0.1, 0.15) is 35.0 Å². The molecule has 0 aliphatic carbocycles. The first-order valence-electron chi connectivity index (χ1n) is 12.7. The third kappa shape index (κ3) is 7.37. The van der Waals surface area contributed by atoms with Gasteiger partial charge in [0.05, 0.1) is 11.9 Å². The standard InChI is InChI=1S/C28H32F2N6O2S/c1-4-19-6-5-7-20(9-19)14-35(15-25(37)24(31)12-21-10-22(29)13-23(30)11-21)26(38)16-39-28-34-33-27-32-17(2)8-18(3)36(27)28/h5-11,13,24-25,37H,4,12,14-16,31H2,1-3H3/t24-,25+/m0/s1. The number of carbonyl (C=O) groups is 1. The van der Waals surface area contributed by atoms with Crippen LogP contribution >= 0.6 is 11.8 Å². The third-order valence-corrected chi connectivity index (χ3v) is 7.32. The van der Waals surface area contributed by atoms with Crippen LogP contribution in [0.2, 0.25) is 0 Å². The molecule has 39 heavy (non-hydrogen) atoms. The minimum atomic E-state index is -1.12. The van der Waals surface area contributed by atoms with E-state index in [2.05, 4.69) is 22.1 Å². The van der Waals surface area contributed by atoms with Gasteiger partial charge in [0.25, 0.3) is 5.78 Å². The molecule has 206 valence electrons. The van der Waals surface area contributed by atoms with E-state index in [1.54, 1.807) is 9.30 Å². The van der Waals surface area contributed by atoms with Crippen molar-refractivity contribution in [1.82, 2.24) is 24.5 Å². The highest BCUT2D eigenvalue weighted by molar-refractivity contribution is 7.99. The first-order valence-corrected chi connectivity index (χ1v) is 13.7. The summed E-state index contributed by atoms with van der Waals surface area (Å²) in [6.07, 6.45) is -0.222. The number of hydrogen-bond donors (Lipinski definition) is 2. The summed E-state index contributed by atoms with van der Waals surface area (Å²) in [6, 6.07) is 12.1. The van der Waals surface area contributed by atoms with E-state index < -0.39 is 23.8 Å². The second-order valence-corrected chi connectivity index (χ2v) is 10.5. The van der Waals surface area contributed by atoms with Crippen molar-refractivity contribution >= 4 is 23.4 Å². The van der Waals surface area contributed by atoms with Gasteiger partial charge in [0.2, 0.25) is 5.91 Å². The van der Waals surface area contributed by atoms with Crippen LogP contribution in [0.3, 0.4) is 0 Å². The number of carbonyl (C=O) groups excluding carboxylic acids is 1. The summed E-state index contributed by atoms with van der Waals surface area (Å²) in [7, 11) is 0. The summed E-state index contributed by atoms with van der Waals surface area (Å²) in [4.78, 5) is 19.4. The summed E-state index contributed by atoms with van der Waals surface area (Å²) in [5.74, 6) is -1.13. The molecule has 1 amide bonds. The Morgan fingerprint density at radius 2 is 1.79 bits per heavy atom. The van der Waals surface area contributed by atoms with Crippen LogP contribution in [0.15, 0.2) is 53.7 Å². The molecule has 0 bridgehead atoms. The molecule has 0 spiro atoms. The lowest BCUT2D eigenvalue weighted by Gasteiger charge is -2.28. The van der Waals surface area contributed by atoms with Crippen molar-refractivity contribution < 1.29 is 18.7 Å². The number of hydrogen-bond acceptors (Lipinski definition) is 7. The van der Waals surface area contributed by atoms with Crippen molar-refractivity contribution in [2.75, 3.05) is 12.3 Å². The van der Waals surface area contributed by atoms with Gasteiger partial charge in [0, 0.05) is 36.6 Å². The average molecular weight is 555 g/mol. The van der Waals surface area contributed by atoms with Crippen LogP contribution in [0.25, 0.3) is 5.78 Å². The van der Waals surface area contributed by atoms with Gasteiger partial charge in [0.15, 0.2) is 5.16 Å². The quantitative estimate of drug-likeness (QED) is 0.273. The fourth-order valence-corrected chi connectivity index (χ4v) is 5.32. The second kappa shape index (κ2) is 12.6. The van der Waals surface area contributed by atoms with E-state index in [-0.39, 0.29) is 31.2 Å². The van der Waals surface area contributed by atoms with Crippen LogP contribution in [0, 0.1) is 25.5 Å². The van der Waals surface area contributed by atoms with Crippen LogP contribution in [0.5, 0.6) is 0 Å². The number of nitrogens with two attached hydrogens (primary N) is 1. The Morgan fingerprint density at radius 1 is 1.08 bits per heavy atom. The van der Waals surface area contributed by atoms with E-state index in [1.807, 2.05) is 44.2 Å². The van der Waals surface area contributed by atoms with Crippen molar-refractivity contribution in [1.29, 1.82) is 0 Å². The second-order valence-electron chi connectivity index (χ2n) is 9.61. The van der Waals surface area contributed by atoms with Crippen molar-refractivity contribution in [3.8, 4) is 0 Å². The molecule has 3 N–H and O–H groups in total. The lowest BCUT2D eigenvalue weighted by atomic mass is 10.0. The van der Waals surface area contributed by atoms with E-state index in [1.165, 1.54) is 23.9 Å². The molecule has 0 aliphatic heterocycles. The monoisotopic (exact) mass is 554 g/mol. The van der Waals surface area contributed by atoms with Gasteiger partial charge >= 0.3 is 0 Å². The van der Waals surface area contributed by atoms with Crippen molar-refractivity contribution in [2.24, 2.45) is 5.73 Å². The lowest BCUT2D eigenvalue weighted by molar-refractivity contribution is -0.130. The molecule has 0 aliphatic rings. The summed E-state index contributed by atoms with van der Waals surface area (Å²) in [5, 5.41) is 19.8. The molecule has 2 atom stereocenters. The maximum Gasteiger partial charge on any atom is 0.256 e. The minimum absolute atomic E-state index is 0.0466. The van der Waals surface area contributed by atoms with Crippen LogP contribution in [0.4, 0.5) is 8.78 Å². The Kier molecular flexibility index (Phi) is 9.26. The van der Waals surface area contributed by atoms with Gasteiger partial charge in [-0.15, -0.1) is 10.2 Å². The Bertz CT molecular complexity index is 1440. The molecule has 0 saturated carbocycles. The van der Waals surface area contributed by atoms with Gasteiger partial charge in [-0.1, -0.05) is 43.0 Å². The Balaban J connectivity index is 1.50. The molecule has 11 heteroatoms. The molecule has 0 fully saturated rings. The van der Waals surface area contributed by atoms with E-state index in [9.17, 15) is 18.7 Å². The molecule has 4 aromatic rings. The zero-order chi connectivity index (χ0) is 28.1. The van der Waals surface area contributed by atoms with E-state index in [4.69, 9.17) is 5.73 Å². The Morgan fingerprint density at radius 3 is 2.51 bits per heavy atom. The number of fused-ring (bicyclic) bond motifs is 1. The van der Waals surface area contributed by atoms with Gasteiger partial charge in [-0.25, -0.2) is 13.8 Å². The molecular formula is C28H32F2N6O2S. The average Bonchev–Trinajstić information content (AvgIpc) is 3.29. The van der Waals surface area contributed by atoms with E-state index >= 15 is 0 Å². The van der Waals surface area contributed by atoms with Crippen molar-refractivity contribution in [2.45, 2.75) is 57.5 Å². The SMILES string of the molecule is CCc1cccc(CN(C[C@@H](O)[C@@H](N)Cc2cc(F)cc(F)c2)C(=O)CSc2nnc3nc(C)cc(C)n23)c1. The largest absolute Gasteiger partial charge is 0.390 e. The zero-order valence-corrected chi connectivity index (χ0v) is 23.0. The maximum absolute atomic E-state index is 13.6. The van der Waals surface area contributed by atoms with Gasteiger partial charge in [-0.3, -0.25) is 9.20 Å². The predicted octanol–water partition coefficient (Wildman–Crippen LogP) is 3.63. The number of aliphatic hydroxyl groups excluding tert-OH is 1. The molecule has 0 unspecified atom stereocenters. The topological polar surface area (TPSA) is 110 Å². The highest BCUT2D eigenvalue weighted by atomic mass is 32.2. The summed E-state index contributed by atoms with van der Waals surface area (Å²) in [5.41, 5.74) is 10.3. The maximum atomic E-state index is 13.6. The molecule has 8 nitrogen and oxygen atoms in total. The number of halogens is 2. The number of thioether (sulfide) groups is 1. The number of aromatic nitrogens is 4. The smallest absolute Gasteiger partial charge is 0.256 e. The van der Waals surface area contributed by atoms with E-state index in [0.29, 0.717) is 16.5 Å². The normalized spacial score (nSPS) is 13.0. The van der Waals surface area contributed by atoms with Crippen molar-refractivity contribution in [3.63, 3.8) is 0 Å². The number of aliphatic hydroxyl groups is 1. The summed E-state index contributed by atoms with van der Waals surface area (Å²) in [6.45, 7) is 6.08. The number of aryl methyl sites for hydroxylation is 3. The highest BCUT2D eigenvalue weighted by Gasteiger charge is 2.24. The number of amides is 1. The van der Waals surface area contributed by atoms with Gasteiger partial charge < -0.3 is 15.7 Å². The minimum Gasteiger partial charge on any atom is -0.390 e. The Labute approximate surface area is 230 Å². The number of benzene rings is 2. The predicted molar refractivity (Wildman–Crippen MR) is 146 cm³/mol. The number of nitrogens with zero attached hydrogens (tertiary/aromatic N) is 5. The van der Waals surface area contributed by atoms with Gasteiger partial charge in [-0.2, -0.15) is 0 Å². The van der Waals surface area contributed by atoms with Crippen LogP contribution in [-0.4, -0.2) is 59.9 Å². The van der Waals surface area contributed by atoms with Gasteiger partial charge in [-0.05, 0) is 61.6 Å². The van der Waals surface area contributed by atoms with Crippen LogP contribution < -0.4 is 5.73 Å². The molecule has 2 heterocycles. The Hall–Kier alpha value is -3.41. The van der Waals surface area contributed by atoms with Crippen molar-refractivity contribution in [3.05, 3.63) is 88.2 Å². The third-order valence-electron chi connectivity index (χ3n) is 6.41. The fraction of sp³-hybridized carbons (Fsp3) is 0.357. The van der Waals surface area contributed by atoms with Crippen LogP contribution in [-0.2, 0) is 24.2 Å². The lowest BCUT2D eigenvalue weighted by Crippen LogP contribution is -2.46. The highest BCUT2D eigenvalue weighted by Crippen LogP contribution is 2.20. The van der Waals surface area contributed by atoms with E-state index in [0.717, 1.165) is 35.0 Å². The fourth-order valence-electron chi connectivity index (χ4n) is 4.43. The molecule has 2 aromatic carbocycles. The zero-order valence-electron chi connectivity index (χ0n) is 22.1. The first-order chi connectivity index (χ1) is 18.6. The molecule has 0 saturated heterocycles. The first kappa shape index (κ1) is 28.6. The number of rotatable bonds is 11. The molecule has 0 radical (unpaired) electrons. The summed E-state index contributed by atoms with van der Waals surface area (Å²) < 4.78 is 29.1.